The van der Waals surface area contributed by atoms with Gasteiger partial charge in [0.25, 0.3) is 5.56 Å². The molecule has 0 bridgehead atoms. The van der Waals surface area contributed by atoms with Crippen molar-refractivity contribution in [3.05, 3.63) is 63.9 Å². The number of carbonyl (C=O) groups is 1. The molecule has 1 N–H and O–H groups in total. The fourth-order valence-electron chi connectivity index (χ4n) is 3.31. The minimum absolute atomic E-state index is 0.171. The van der Waals surface area contributed by atoms with Crippen molar-refractivity contribution < 1.29 is 9.53 Å². The lowest BCUT2D eigenvalue weighted by Gasteiger charge is -2.24. The average molecular weight is 363 g/mol. The van der Waals surface area contributed by atoms with Crippen LogP contribution in [0.4, 0.5) is 4.79 Å². The summed E-state index contributed by atoms with van der Waals surface area (Å²) in [7, 11) is 0. The third-order valence-electron chi connectivity index (χ3n) is 4.50. The topological polar surface area (TPSA) is 75.3 Å². The fraction of sp³-hybridized carbons (Fsp3) is 0.286. The van der Waals surface area contributed by atoms with E-state index in [0.717, 1.165) is 16.7 Å². The molecule has 4 rings (SSSR count). The van der Waals surface area contributed by atoms with E-state index in [-0.39, 0.29) is 11.7 Å². The quantitative estimate of drug-likeness (QED) is 0.713. The van der Waals surface area contributed by atoms with Gasteiger partial charge in [-0.3, -0.25) is 9.69 Å². The molecule has 3 aromatic rings. The van der Waals surface area contributed by atoms with Crippen molar-refractivity contribution >= 4 is 17.0 Å². The Labute approximate surface area is 156 Å². The third kappa shape index (κ3) is 3.30. The molecule has 6 nitrogen and oxygen atoms in total. The van der Waals surface area contributed by atoms with Crippen LogP contribution in [0.1, 0.15) is 31.9 Å². The number of aromatic amines is 1. The van der Waals surface area contributed by atoms with Gasteiger partial charge < -0.3 is 9.72 Å². The maximum atomic E-state index is 12.4. The fourth-order valence-corrected chi connectivity index (χ4v) is 3.31. The largest absolute Gasteiger partial charge is 0.444 e. The van der Waals surface area contributed by atoms with Crippen LogP contribution in [0.5, 0.6) is 0 Å². The molecule has 0 unspecified atom stereocenters. The molecule has 2 heterocycles. The summed E-state index contributed by atoms with van der Waals surface area (Å²) in [6.45, 7) is 6.46. The van der Waals surface area contributed by atoms with Crippen LogP contribution >= 0.6 is 0 Å². The monoisotopic (exact) mass is 363 g/mol. The van der Waals surface area contributed by atoms with Gasteiger partial charge in [-0.2, -0.15) is 0 Å². The molecule has 1 aromatic heterocycles. The van der Waals surface area contributed by atoms with E-state index in [9.17, 15) is 9.59 Å². The number of hydrogen-bond acceptors (Lipinski definition) is 4. The maximum absolute atomic E-state index is 12.4. The number of benzene rings is 2. The summed E-state index contributed by atoms with van der Waals surface area (Å²) in [6, 6.07) is 13.1. The number of hydrogen-bond donors (Lipinski definition) is 1. The van der Waals surface area contributed by atoms with Gasteiger partial charge in [0, 0.05) is 12.1 Å². The van der Waals surface area contributed by atoms with Crippen molar-refractivity contribution in [3.8, 4) is 11.4 Å². The summed E-state index contributed by atoms with van der Waals surface area (Å²) >= 11 is 0. The molecule has 27 heavy (non-hydrogen) atoms. The predicted molar refractivity (Wildman–Crippen MR) is 103 cm³/mol. The first-order valence-electron chi connectivity index (χ1n) is 8.90. The molecule has 0 atom stereocenters. The number of H-pyrrole nitrogens is 1. The van der Waals surface area contributed by atoms with Crippen LogP contribution in [0.3, 0.4) is 0 Å². The lowest BCUT2D eigenvalue weighted by Crippen LogP contribution is -2.33. The zero-order chi connectivity index (χ0) is 19.2. The SMILES string of the molecule is CC(C)(C)OC(=O)N1Cc2cccc(-c3nc4ccccc4c(=O)[nH]3)c2C1. The lowest BCUT2D eigenvalue weighted by molar-refractivity contribution is 0.0242. The van der Waals surface area contributed by atoms with Gasteiger partial charge in [-0.15, -0.1) is 0 Å². The molecule has 0 aliphatic carbocycles. The Hall–Kier alpha value is -3.15. The van der Waals surface area contributed by atoms with E-state index in [1.165, 1.54) is 0 Å². The van der Waals surface area contributed by atoms with E-state index in [2.05, 4.69) is 9.97 Å². The third-order valence-corrected chi connectivity index (χ3v) is 4.50. The number of ether oxygens (including phenoxy) is 1. The highest BCUT2D eigenvalue weighted by atomic mass is 16.6. The zero-order valence-corrected chi connectivity index (χ0v) is 15.6. The normalized spacial score (nSPS) is 13.7. The molecule has 0 saturated carbocycles. The summed E-state index contributed by atoms with van der Waals surface area (Å²) in [6.07, 6.45) is -0.343. The summed E-state index contributed by atoms with van der Waals surface area (Å²) in [5.74, 6) is 0.515. The number of nitrogens with one attached hydrogen (secondary N) is 1. The molecular weight excluding hydrogens is 342 g/mol. The Kier molecular flexibility index (Phi) is 3.98. The van der Waals surface area contributed by atoms with Crippen LogP contribution in [-0.2, 0) is 17.8 Å². The van der Waals surface area contributed by atoms with Crippen molar-refractivity contribution in [2.45, 2.75) is 39.5 Å². The van der Waals surface area contributed by atoms with Crippen molar-refractivity contribution in [1.82, 2.24) is 14.9 Å². The molecule has 1 amide bonds. The molecular formula is C21H21N3O3. The first-order valence-corrected chi connectivity index (χ1v) is 8.90. The Morgan fingerprint density at radius 3 is 2.67 bits per heavy atom. The highest BCUT2D eigenvalue weighted by Gasteiger charge is 2.29. The predicted octanol–water partition coefficient (Wildman–Crippen LogP) is 3.84. The summed E-state index contributed by atoms with van der Waals surface area (Å²) in [5, 5.41) is 0.559. The van der Waals surface area contributed by atoms with Crippen LogP contribution < -0.4 is 5.56 Å². The Morgan fingerprint density at radius 1 is 1.11 bits per heavy atom. The van der Waals surface area contributed by atoms with E-state index < -0.39 is 5.60 Å². The van der Waals surface area contributed by atoms with E-state index >= 15 is 0 Å². The first-order chi connectivity index (χ1) is 12.8. The Bertz CT molecular complexity index is 1100. The Balaban J connectivity index is 1.72. The van der Waals surface area contributed by atoms with Crippen LogP contribution in [0, 0.1) is 0 Å². The number of aromatic nitrogens is 2. The van der Waals surface area contributed by atoms with Crippen LogP contribution in [0.2, 0.25) is 0 Å². The second kappa shape index (κ2) is 6.23. The Morgan fingerprint density at radius 2 is 1.89 bits per heavy atom. The summed E-state index contributed by atoms with van der Waals surface area (Å²) in [4.78, 5) is 34.0. The van der Waals surface area contributed by atoms with E-state index in [1.54, 1.807) is 11.0 Å². The summed E-state index contributed by atoms with van der Waals surface area (Å²) < 4.78 is 5.49. The van der Waals surface area contributed by atoms with E-state index in [0.29, 0.717) is 29.8 Å². The number of fused-ring (bicyclic) bond motifs is 2. The maximum Gasteiger partial charge on any atom is 0.410 e. The lowest BCUT2D eigenvalue weighted by atomic mass is 10.0. The number of amides is 1. The van der Waals surface area contributed by atoms with Crippen LogP contribution in [0.25, 0.3) is 22.3 Å². The molecule has 6 heteroatoms. The molecule has 1 aliphatic rings. The highest BCUT2D eigenvalue weighted by molar-refractivity contribution is 5.80. The minimum atomic E-state index is -0.542. The number of nitrogens with zero attached hydrogens (tertiary/aromatic N) is 2. The highest BCUT2D eigenvalue weighted by Crippen LogP contribution is 2.32. The zero-order valence-electron chi connectivity index (χ0n) is 15.6. The molecule has 138 valence electrons. The van der Waals surface area contributed by atoms with Crippen LogP contribution in [-0.4, -0.2) is 26.6 Å². The van der Waals surface area contributed by atoms with Gasteiger partial charge in [0.15, 0.2) is 0 Å². The van der Waals surface area contributed by atoms with Gasteiger partial charge in [-0.25, -0.2) is 9.78 Å². The molecule has 1 aliphatic heterocycles. The molecule has 0 saturated heterocycles. The second-order valence-electron chi connectivity index (χ2n) is 7.71. The smallest absolute Gasteiger partial charge is 0.410 e. The van der Waals surface area contributed by atoms with Crippen molar-refractivity contribution in [2.75, 3.05) is 0 Å². The van der Waals surface area contributed by atoms with Crippen LogP contribution in [0.15, 0.2) is 47.3 Å². The molecule has 0 radical (unpaired) electrons. The van der Waals surface area contributed by atoms with Crippen molar-refractivity contribution in [3.63, 3.8) is 0 Å². The van der Waals surface area contributed by atoms with Gasteiger partial charge >= 0.3 is 6.09 Å². The molecule has 0 spiro atoms. The summed E-state index contributed by atoms with van der Waals surface area (Å²) in [5.41, 5.74) is 2.79. The minimum Gasteiger partial charge on any atom is -0.444 e. The number of para-hydroxylation sites is 1. The van der Waals surface area contributed by atoms with E-state index in [1.807, 2.05) is 57.2 Å². The van der Waals surface area contributed by atoms with Gasteiger partial charge in [-0.1, -0.05) is 30.3 Å². The van der Waals surface area contributed by atoms with Crippen molar-refractivity contribution in [2.24, 2.45) is 0 Å². The standard InChI is InChI=1S/C21H21N3O3/c1-21(2,3)27-20(26)24-11-13-7-6-9-14(16(13)12-24)18-22-17-10-5-4-8-15(17)19(25)23-18/h4-10H,11-12H2,1-3H3,(H,22,23,25). The van der Waals surface area contributed by atoms with Gasteiger partial charge in [0.1, 0.15) is 11.4 Å². The van der Waals surface area contributed by atoms with E-state index in [4.69, 9.17) is 4.74 Å². The number of carbonyl (C=O) groups excluding carboxylic acids is 1. The van der Waals surface area contributed by atoms with Gasteiger partial charge in [0.2, 0.25) is 0 Å². The first kappa shape index (κ1) is 17.3. The second-order valence-corrected chi connectivity index (χ2v) is 7.71. The molecule has 2 aromatic carbocycles. The van der Waals surface area contributed by atoms with Gasteiger partial charge in [-0.05, 0) is 44.0 Å². The average Bonchev–Trinajstić information content (AvgIpc) is 3.04. The molecule has 0 fully saturated rings. The van der Waals surface area contributed by atoms with Crippen molar-refractivity contribution in [1.29, 1.82) is 0 Å². The number of rotatable bonds is 1. The van der Waals surface area contributed by atoms with Gasteiger partial charge in [0.05, 0.1) is 17.4 Å².